The van der Waals surface area contributed by atoms with Crippen LogP contribution in [0.5, 0.6) is 0 Å². The van der Waals surface area contributed by atoms with Crippen molar-refractivity contribution in [1.29, 1.82) is 0 Å². The first kappa shape index (κ1) is 15.9. The first-order valence-corrected chi connectivity index (χ1v) is 6.48. The van der Waals surface area contributed by atoms with Gasteiger partial charge in [0.2, 0.25) is 5.43 Å². The Morgan fingerprint density at radius 2 is 1.76 bits per heavy atom. The van der Waals surface area contributed by atoms with E-state index < -0.39 is 17.3 Å². The number of halogens is 5. The van der Waals surface area contributed by atoms with Crippen molar-refractivity contribution in [3.05, 3.63) is 49.7 Å². The number of aromatic nitrogens is 2. The van der Waals surface area contributed by atoms with Crippen molar-refractivity contribution in [2.75, 3.05) is 0 Å². The molecule has 0 N–H and O–H groups in total. The summed E-state index contributed by atoms with van der Waals surface area (Å²) in [6.07, 6.45) is -4.65. The maximum Gasteiger partial charge on any atom is 0.433 e. The first-order valence-electron chi connectivity index (χ1n) is 5.73. The molecule has 0 spiro atoms. The molecule has 8 heteroatoms. The highest BCUT2D eigenvalue weighted by atomic mass is 35.5. The third-order valence-corrected chi connectivity index (χ3v) is 3.61. The van der Waals surface area contributed by atoms with Crippen molar-refractivity contribution in [1.82, 2.24) is 9.78 Å². The third-order valence-electron chi connectivity index (χ3n) is 2.89. The van der Waals surface area contributed by atoms with E-state index in [0.29, 0.717) is 21.3 Å². The lowest BCUT2D eigenvalue weighted by Gasteiger charge is -2.13. The van der Waals surface area contributed by atoms with Crippen LogP contribution in [-0.4, -0.2) is 9.78 Å². The molecule has 0 atom stereocenters. The Morgan fingerprint density at radius 3 is 2.33 bits per heavy atom. The van der Waals surface area contributed by atoms with Crippen molar-refractivity contribution in [3.8, 4) is 11.3 Å². The van der Waals surface area contributed by atoms with E-state index in [9.17, 15) is 18.0 Å². The zero-order valence-electron chi connectivity index (χ0n) is 10.9. The zero-order valence-corrected chi connectivity index (χ0v) is 12.4. The Morgan fingerprint density at radius 1 is 1.14 bits per heavy atom. The lowest BCUT2D eigenvalue weighted by atomic mass is 10.1. The van der Waals surface area contributed by atoms with Crippen molar-refractivity contribution in [3.63, 3.8) is 0 Å². The second-order valence-electron chi connectivity index (χ2n) is 4.45. The van der Waals surface area contributed by atoms with Gasteiger partial charge in [-0.1, -0.05) is 23.2 Å². The Kier molecular flexibility index (Phi) is 4.04. The van der Waals surface area contributed by atoms with Gasteiger partial charge in [0.1, 0.15) is 11.4 Å². The molecule has 21 heavy (non-hydrogen) atoms. The monoisotopic (exact) mass is 336 g/mol. The zero-order chi connectivity index (χ0) is 15.9. The molecule has 0 fully saturated rings. The van der Waals surface area contributed by atoms with E-state index >= 15 is 0 Å². The summed E-state index contributed by atoms with van der Waals surface area (Å²) in [6.45, 7) is 1.69. The van der Waals surface area contributed by atoms with Crippen LogP contribution in [0.25, 0.3) is 11.3 Å². The lowest BCUT2D eigenvalue weighted by molar-refractivity contribution is -0.144. The number of hydrogen-bond acceptors (Lipinski definition) is 2. The van der Waals surface area contributed by atoms with E-state index in [1.165, 1.54) is 12.1 Å². The van der Waals surface area contributed by atoms with Crippen molar-refractivity contribution < 1.29 is 13.2 Å². The predicted octanol–water partition coefficient (Wildman–Crippen LogP) is 4.08. The van der Waals surface area contributed by atoms with E-state index in [1.807, 2.05) is 0 Å². The van der Waals surface area contributed by atoms with Gasteiger partial charge in [0.25, 0.3) is 0 Å². The number of rotatable bonds is 1. The minimum absolute atomic E-state index is 0.148. The minimum Gasteiger partial charge on any atom is -0.287 e. The fourth-order valence-electron chi connectivity index (χ4n) is 1.83. The van der Waals surface area contributed by atoms with Crippen LogP contribution in [0.2, 0.25) is 10.0 Å². The highest BCUT2D eigenvalue weighted by Gasteiger charge is 2.34. The van der Waals surface area contributed by atoms with Gasteiger partial charge in [0, 0.05) is 23.7 Å². The van der Waals surface area contributed by atoms with Gasteiger partial charge in [0.05, 0.1) is 5.02 Å². The molecule has 1 aromatic heterocycles. The number of aryl methyl sites for hydroxylation is 2. The average Bonchev–Trinajstić information content (AvgIpc) is 2.35. The summed E-state index contributed by atoms with van der Waals surface area (Å²) in [7, 11) is 1.11. The summed E-state index contributed by atoms with van der Waals surface area (Å²) in [6, 6.07) is 3.44. The van der Waals surface area contributed by atoms with Crippen LogP contribution in [0, 0.1) is 6.92 Å². The summed E-state index contributed by atoms with van der Waals surface area (Å²) in [4.78, 5) is 11.9. The van der Waals surface area contributed by atoms with Crippen molar-refractivity contribution >= 4 is 23.2 Å². The number of benzene rings is 1. The molecule has 1 heterocycles. The van der Waals surface area contributed by atoms with Crippen molar-refractivity contribution in [2.45, 2.75) is 13.1 Å². The van der Waals surface area contributed by atoms with Gasteiger partial charge in [-0.05, 0) is 24.6 Å². The van der Waals surface area contributed by atoms with E-state index in [1.54, 1.807) is 6.92 Å². The first-order chi connectivity index (χ1) is 9.61. The van der Waals surface area contributed by atoms with Crippen LogP contribution in [0.4, 0.5) is 13.2 Å². The van der Waals surface area contributed by atoms with Crippen LogP contribution in [0.3, 0.4) is 0 Å². The summed E-state index contributed by atoms with van der Waals surface area (Å²) in [5.74, 6) is 0. The topological polar surface area (TPSA) is 34.9 Å². The highest BCUT2D eigenvalue weighted by Crippen LogP contribution is 2.32. The largest absolute Gasteiger partial charge is 0.433 e. The molecule has 0 aliphatic heterocycles. The molecule has 0 saturated carbocycles. The van der Waals surface area contributed by atoms with Crippen LogP contribution in [0.15, 0.2) is 23.0 Å². The molecule has 2 rings (SSSR count). The molecule has 0 aliphatic rings. The molecule has 0 unspecified atom stereocenters. The van der Waals surface area contributed by atoms with Gasteiger partial charge in [-0.25, -0.2) is 0 Å². The quantitative estimate of drug-likeness (QED) is 0.786. The lowest BCUT2D eigenvalue weighted by Crippen LogP contribution is -2.22. The van der Waals surface area contributed by atoms with Crippen LogP contribution < -0.4 is 5.43 Å². The Bertz CT molecular complexity index is 769. The van der Waals surface area contributed by atoms with Crippen molar-refractivity contribution in [2.24, 2.45) is 7.05 Å². The van der Waals surface area contributed by atoms with E-state index in [-0.39, 0.29) is 16.3 Å². The fourth-order valence-corrected chi connectivity index (χ4v) is 2.30. The smallest absolute Gasteiger partial charge is 0.287 e. The minimum atomic E-state index is -4.65. The molecule has 112 valence electrons. The van der Waals surface area contributed by atoms with Gasteiger partial charge in [-0.3, -0.25) is 9.48 Å². The van der Waals surface area contributed by atoms with Crippen LogP contribution in [-0.2, 0) is 13.2 Å². The molecule has 3 nitrogen and oxygen atoms in total. The average molecular weight is 337 g/mol. The Hall–Kier alpha value is -1.53. The van der Waals surface area contributed by atoms with Gasteiger partial charge in [-0.15, -0.1) is 0 Å². The van der Waals surface area contributed by atoms with Gasteiger partial charge in [-0.2, -0.15) is 18.3 Å². The summed E-state index contributed by atoms with van der Waals surface area (Å²) in [5.41, 5.74) is -1.26. The number of nitrogens with zero attached hydrogens (tertiary/aromatic N) is 2. The van der Waals surface area contributed by atoms with Crippen LogP contribution in [0.1, 0.15) is 11.3 Å². The highest BCUT2D eigenvalue weighted by molar-refractivity contribution is 6.36. The summed E-state index contributed by atoms with van der Waals surface area (Å²) >= 11 is 11.9. The second kappa shape index (κ2) is 5.35. The molecule has 0 bridgehead atoms. The van der Waals surface area contributed by atoms with E-state index in [0.717, 1.165) is 7.05 Å². The number of alkyl halides is 3. The van der Waals surface area contributed by atoms with Gasteiger partial charge in [0.15, 0.2) is 0 Å². The van der Waals surface area contributed by atoms with E-state index in [2.05, 4.69) is 5.10 Å². The SMILES string of the molecule is Cc1cc(-c2nn(C)c(C(F)(F)F)cc2=O)c(Cl)cc1Cl. The van der Waals surface area contributed by atoms with E-state index in [4.69, 9.17) is 23.2 Å². The van der Waals surface area contributed by atoms with Gasteiger partial charge >= 0.3 is 6.18 Å². The molecular weight excluding hydrogens is 328 g/mol. The summed E-state index contributed by atoms with van der Waals surface area (Å²) < 4.78 is 38.8. The fraction of sp³-hybridized carbons (Fsp3) is 0.231. The standard InChI is InChI=1S/C13H9Cl2F3N2O/c1-6-3-7(9(15)4-8(6)14)12-10(21)5-11(13(16,17)18)20(2)19-12/h3-5H,1-2H3. The van der Waals surface area contributed by atoms with Gasteiger partial charge < -0.3 is 0 Å². The normalized spacial score (nSPS) is 11.8. The molecule has 1 aromatic carbocycles. The maximum absolute atomic E-state index is 12.7. The molecule has 0 radical (unpaired) electrons. The molecule has 0 aliphatic carbocycles. The molecule has 2 aromatic rings. The van der Waals surface area contributed by atoms with Crippen LogP contribution >= 0.6 is 23.2 Å². The molecule has 0 saturated heterocycles. The third kappa shape index (κ3) is 3.06. The number of hydrogen-bond donors (Lipinski definition) is 0. The predicted molar refractivity (Wildman–Crippen MR) is 74.7 cm³/mol. The molecule has 0 amide bonds. The second-order valence-corrected chi connectivity index (χ2v) is 5.26. The maximum atomic E-state index is 12.7. The Balaban J connectivity index is 2.70. The summed E-state index contributed by atoms with van der Waals surface area (Å²) in [5, 5.41) is 4.24. The Labute approximate surface area is 127 Å². The molecular formula is C13H9Cl2F3N2O.